The fourth-order valence-electron chi connectivity index (χ4n) is 2.78. The van der Waals surface area contributed by atoms with Crippen LogP contribution < -0.4 is 10.6 Å². The number of nitrogens with one attached hydrogen (secondary N) is 3. The van der Waals surface area contributed by atoms with E-state index in [2.05, 4.69) is 15.6 Å². The van der Waals surface area contributed by atoms with Crippen molar-refractivity contribution in [3.05, 3.63) is 54.3 Å². The molecule has 3 aromatic rings. The molecule has 0 fully saturated rings. The van der Waals surface area contributed by atoms with Gasteiger partial charge >= 0.3 is 12.0 Å². The zero-order valence-corrected chi connectivity index (χ0v) is 15.0. The lowest BCUT2D eigenvalue weighted by Crippen LogP contribution is -2.41. The molecule has 27 heavy (non-hydrogen) atoms. The molecule has 0 aliphatic rings. The second kappa shape index (κ2) is 7.90. The molecule has 1 unspecified atom stereocenters. The number of rotatable bonds is 5. The number of aromatic nitrogens is 1. The SMILES string of the molecule is CCOC(=O)C(C)NC(=O)Nc1c(-c2ccc(F)cc2)[nH]c2ccccc12. The molecule has 0 saturated heterocycles. The minimum atomic E-state index is -0.788. The Labute approximate surface area is 155 Å². The highest BCUT2D eigenvalue weighted by atomic mass is 19.1. The number of amides is 2. The van der Waals surface area contributed by atoms with Gasteiger partial charge in [0.1, 0.15) is 11.9 Å². The second-order valence-corrected chi connectivity index (χ2v) is 6.00. The normalized spacial score (nSPS) is 11.8. The first-order chi connectivity index (χ1) is 13.0. The van der Waals surface area contributed by atoms with Crippen LogP contribution in [0.4, 0.5) is 14.9 Å². The molecular weight excluding hydrogens is 349 g/mol. The van der Waals surface area contributed by atoms with Gasteiger partial charge in [0.15, 0.2) is 0 Å². The van der Waals surface area contributed by atoms with Gasteiger partial charge < -0.3 is 20.4 Å². The number of carbonyl (C=O) groups excluding carboxylic acids is 2. The Morgan fingerprint density at radius 1 is 1.15 bits per heavy atom. The average molecular weight is 369 g/mol. The third-order valence-electron chi connectivity index (χ3n) is 4.07. The predicted molar refractivity (Wildman–Crippen MR) is 102 cm³/mol. The first-order valence-corrected chi connectivity index (χ1v) is 8.60. The lowest BCUT2D eigenvalue weighted by atomic mass is 10.1. The number of hydrogen-bond donors (Lipinski definition) is 3. The summed E-state index contributed by atoms with van der Waals surface area (Å²) in [5, 5.41) is 6.15. The zero-order chi connectivity index (χ0) is 19.4. The van der Waals surface area contributed by atoms with Crippen molar-refractivity contribution < 1.29 is 18.7 Å². The van der Waals surface area contributed by atoms with Crippen molar-refractivity contribution in [2.45, 2.75) is 19.9 Å². The Balaban J connectivity index is 1.90. The molecule has 1 atom stereocenters. The van der Waals surface area contributed by atoms with Crippen LogP contribution in [0, 0.1) is 5.82 Å². The summed E-state index contributed by atoms with van der Waals surface area (Å²) in [5.74, 6) is -0.851. The first kappa shape index (κ1) is 18.4. The van der Waals surface area contributed by atoms with Crippen LogP contribution in [0.1, 0.15) is 13.8 Å². The number of aromatic amines is 1. The summed E-state index contributed by atoms with van der Waals surface area (Å²) in [7, 11) is 0. The first-order valence-electron chi connectivity index (χ1n) is 8.60. The summed E-state index contributed by atoms with van der Waals surface area (Å²) in [5.41, 5.74) is 2.74. The fraction of sp³-hybridized carbons (Fsp3) is 0.200. The molecule has 3 N–H and O–H groups in total. The molecule has 140 valence electrons. The zero-order valence-electron chi connectivity index (χ0n) is 15.0. The van der Waals surface area contributed by atoms with E-state index in [1.807, 2.05) is 24.3 Å². The van der Waals surface area contributed by atoms with Gasteiger partial charge in [0, 0.05) is 16.5 Å². The molecule has 0 bridgehead atoms. The Kier molecular flexibility index (Phi) is 5.40. The van der Waals surface area contributed by atoms with Gasteiger partial charge in [0.25, 0.3) is 0 Å². The van der Waals surface area contributed by atoms with Crippen molar-refractivity contribution in [2.24, 2.45) is 0 Å². The summed E-state index contributed by atoms with van der Waals surface area (Å²) in [4.78, 5) is 27.4. The van der Waals surface area contributed by atoms with Gasteiger partial charge in [-0.05, 0) is 44.2 Å². The average Bonchev–Trinajstić information content (AvgIpc) is 3.01. The Morgan fingerprint density at radius 2 is 1.85 bits per heavy atom. The van der Waals surface area contributed by atoms with Crippen LogP contribution in [0.5, 0.6) is 0 Å². The monoisotopic (exact) mass is 369 g/mol. The molecule has 0 radical (unpaired) electrons. The number of fused-ring (bicyclic) bond motifs is 1. The number of urea groups is 1. The standard InChI is InChI=1S/C20H20FN3O3/c1-3-27-19(25)12(2)22-20(26)24-18-15-6-4-5-7-16(15)23-17(18)13-8-10-14(21)11-9-13/h4-12,23H,3H2,1-2H3,(H2,22,24,26). The Hall–Kier alpha value is -3.35. The van der Waals surface area contributed by atoms with Gasteiger partial charge in [-0.1, -0.05) is 18.2 Å². The van der Waals surface area contributed by atoms with Crippen LogP contribution in [0.15, 0.2) is 48.5 Å². The van der Waals surface area contributed by atoms with Crippen LogP contribution >= 0.6 is 0 Å². The van der Waals surface area contributed by atoms with Crippen LogP contribution in [0.3, 0.4) is 0 Å². The molecule has 7 heteroatoms. The molecular formula is C20H20FN3O3. The predicted octanol–water partition coefficient (Wildman–Crippen LogP) is 4.05. The van der Waals surface area contributed by atoms with Gasteiger partial charge in [-0.3, -0.25) is 0 Å². The molecule has 6 nitrogen and oxygen atoms in total. The third-order valence-corrected chi connectivity index (χ3v) is 4.07. The van der Waals surface area contributed by atoms with Crippen LogP contribution in [0.25, 0.3) is 22.2 Å². The smallest absolute Gasteiger partial charge is 0.328 e. The van der Waals surface area contributed by atoms with Gasteiger partial charge in [-0.2, -0.15) is 0 Å². The van der Waals surface area contributed by atoms with E-state index >= 15 is 0 Å². The molecule has 3 rings (SSSR count). The summed E-state index contributed by atoms with van der Waals surface area (Å²) in [6.45, 7) is 3.49. The number of para-hydroxylation sites is 1. The maximum absolute atomic E-state index is 13.3. The van der Waals surface area contributed by atoms with Crippen molar-refractivity contribution >= 4 is 28.6 Å². The topological polar surface area (TPSA) is 83.2 Å². The fourth-order valence-corrected chi connectivity index (χ4v) is 2.78. The number of benzene rings is 2. The molecule has 1 aromatic heterocycles. The summed E-state index contributed by atoms with van der Waals surface area (Å²) >= 11 is 0. The number of esters is 1. The van der Waals surface area contributed by atoms with Gasteiger partial charge in [0.2, 0.25) is 0 Å². The molecule has 0 saturated carbocycles. The van der Waals surface area contributed by atoms with Crippen molar-refractivity contribution in [1.29, 1.82) is 0 Å². The van der Waals surface area contributed by atoms with E-state index in [0.717, 1.165) is 16.5 Å². The van der Waals surface area contributed by atoms with Crippen LogP contribution in [-0.2, 0) is 9.53 Å². The molecule has 2 aromatic carbocycles. The van der Waals surface area contributed by atoms with E-state index in [1.54, 1.807) is 26.0 Å². The maximum atomic E-state index is 13.3. The minimum absolute atomic E-state index is 0.240. The summed E-state index contributed by atoms with van der Waals surface area (Å²) in [6, 6.07) is 12.1. The van der Waals surface area contributed by atoms with Crippen molar-refractivity contribution in [1.82, 2.24) is 10.3 Å². The van der Waals surface area contributed by atoms with Gasteiger partial charge in [-0.25, -0.2) is 14.0 Å². The largest absolute Gasteiger partial charge is 0.464 e. The number of halogens is 1. The second-order valence-electron chi connectivity index (χ2n) is 6.00. The lowest BCUT2D eigenvalue weighted by Gasteiger charge is -2.14. The number of hydrogen-bond acceptors (Lipinski definition) is 3. The van der Waals surface area contributed by atoms with E-state index < -0.39 is 18.0 Å². The molecule has 2 amide bonds. The van der Waals surface area contributed by atoms with E-state index in [-0.39, 0.29) is 12.4 Å². The summed E-state index contributed by atoms with van der Waals surface area (Å²) < 4.78 is 18.2. The number of H-pyrrole nitrogens is 1. The highest BCUT2D eigenvalue weighted by Crippen LogP contribution is 2.34. The molecule has 0 spiro atoms. The number of anilines is 1. The lowest BCUT2D eigenvalue weighted by molar-refractivity contribution is -0.144. The third kappa shape index (κ3) is 4.08. The quantitative estimate of drug-likeness (QED) is 0.594. The minimum Gasteiger partial charge on any atom is -0.464 e. The van der Waals surface area contributed by atoms with E-state index in [0.29, 0.717) is 11.4 Å². The van der Waals surface area contributed by atoms with Gasteiger partial charge in [0.05, 0.1) is 18.0 Å². The van der Waals surface area contributed by atoms with Crippen LogP contribution in [-0.4, -0.2) is 29.6 Å². The highest BCUT2D eigenvalue weighted by molar-refractivity contribution is 6.08. The van der Waals surface area contributed by atoms with Crippen molar-refractivity contribution in [2.75, 3.05) is 11.9 Å². The number of carbonyl (C=O) groups is 2. The van der Waals surface area contributed by atoms with Crippen molar-refractivity contribution in [3.8, 4) is 11.3 Å². The summed E-state index contributed by atoms with van der Waals surface area (Å²) in [6.07, 6.45) is 0. The molecule has 0 aliphatic heterocycles. The molecule has 1 heterocycles. The molecule has 0 aliphatic carbocycles. The number of ether oxygens (including phenoxy) is 1. The van der Waals surface area contributed by atoms with Crippen molar-refractivity contribution in [3.63, 3.8) is 0 Å². The van der Waals surface area contributed by atoms with Crippen LogP contribution in [0.2, 0.25) is 0 Å². The Morgan fingerprint density at radius 3 is 2.56 bits per heavy atom. The van der Waals surface area contributed by atoms with E-state index in [4.69, 9.17) is 4.74 Å². The maximum Gasteiger partial charge on any atom is 0.328 e. The highest BCUT2D eigenvalue weighted by Gasteiger charge is 2.19. The van der Waals surface area contributed by atoms with E-state index in [9.17, 15) is 14.0 Å². The van der Waals surface area contributed by atoms with E-state index in [1.165, 1.54) is 12.1 Å². The van der Waals surface area contributed by atoms with Gasteiger partial charge in [-0.15, -0.1) is 0 Å². The Bertz CT molecular complexity index is 966.